The maximum absolute atomic E-state index is 5.97. The number of anilines is 2. The summed E-state index contributed by atoms with van der Waals surface area (Å²) < 4.78 is 0. The molecule has 1 aromatic carbocycles. The van der Waals surface area contributed by atoms with Gasteiger partial charge in [0.2, 0.25) is 0 Å². The van der Waals surface area contributed by atoms with Gasteiger partial charge in [0.1, 0.15) is 16.8 Å². The summed E-state index contributed by atoms with van der Waals surface area (Å²) in [4.78, 5) is 8.61. The summed E-state index contributed by atoms with van der Waals surface area (Å²) in [6.45, 7) is 4.08. The Kier molecular flexibility index (Phi) is 3.59. The molecule has 0 saturated heterocycles. The SMILES string of the molecule is CC(C)c1nc(Cl)cc(Nc2ccccc2)n1. The van der Waals surface area contributed by atoms with Crippen LogP contribution in [0.25, 0.3) is 0 Å². The van der Waals surface area contributed by atoms with E-state index in [4.69, 9.17) is 11.6 Å². The van der Waals surface area contributed by atoms with Crippen molar-refractivity contribution in [2.45, 2.75) is 19.8 Å². The molecular formula is C13H14ClN3. The molecule has 4 heteroatoms. The maximum atomic E-state index is 5.97. The van der Waals surface area contributed by atoms with Crippen LogP contribution in [0.3, 0.4) is 0 Å². The summed E-state index contributed by atoms with van der Waals surface area (Å²) in [6.07, 6.45) is 0. The zero-order chi connectivity index (χ0) is 12.3. The summed E-state index contributed by atoms with van der Waals surface area (Å²) in [6, 6.07) is 11.6. The third-order valence-corrected chi connectivity index (χ3v) is 2.47. The monoisotopic (exact) mass is 247 g/mol. The summed E-state index contributed by atoms with van der Waals surface area (Å²) in [7, 11) is 0. The van der Waals surface area contributed by atoms with E-state index >= 15 is 0 Å². The molecule has 1 heterocycles. The first kappa shape index (κ1) is 11.9. The van der Waals surface area contributed by atoms with Crippen LogP contribution in [0.5, 0.6) is 0 Å². The van der Waals surface area contributed by atoms with Gasteiger partial charge >= 0.3 is 0 Å². The van der Waals surface area contributed by atoms with Crippen molar-refractivity contribution in [3.8, 4) is 0 Å². The molecule has 0 aliphatic heterocycles. The second kappa shape index (κ2) is 5.15. The molecular weight excluding hydrogens is 234 g/mol. The van der Waals surface area contributed by atoms with E-state index in [0.29, 0.717) is 5.15 Å². The molecule has 0 atom stereocenters. The Hall–Kier alpha value is -1.61. The predicted octanol–water partition coefficient (Wildman–Crippen LogP) is 4.00. The maximum Gasteiger partial charge on any atom is 0.135 e. The lowest BCUT2D eigenvalue weighted by Gasteiger charge is -2.09. The first-order valence-electron chi connectivity index (χ1n) is 5.51. The molecule has 0 fully saturated rings. The summed E-state index contributed by atoms with van der Waals surface area (Å²) >= 11 is 5.97. The third kappa shape index (κ3) is 3.17. The van der Waals surface area contributed by atoms with Crippen LogP contribution in [-0.4, -0.2) is 9.97 Å². The Balaban J connectivity index is 2.27. The van der Waals surface area contributed by atoms with Crippen molar-refractivity contribution in [1.29, 1.82) is 0 Å². The lowest BCUT2D eigenvalue weighted by molar-refractivity contribution is 0.776. The highest BCUT2D eigenvalue weighted by atomic mass is 35.5. The van der Waals surface area contributed by atoms with E-state index in [2.05, 4.69) is 15.3 Å². The number of halogens is 1. The minimum Gasteiger partial charge on any atom is -0.340 e. The van der Waals surface area contributed by atoms with Gasteiger partial charge in [-0.3, -0.25) is 0 Å². The van der Waals surface area contributed by atoms with Gasteiger partial charge in [-0.25, -0.2) is 9.97 Å². The third-order valence-electron chi connectivity index (χ3n) is 2.27. The molecule has 0 aliphatic carbocycles. The van der Waals surface area contributed by atoms with Gasteiger partial charge in [0.15, 0.2) is 0 Å². The van der Waals surface area contributed by atoms with Crippen LogP contribution in [0.1, 0.15) is 25.6 Å². The quantitative estimate of drug-likeness (QED) is 0.834. The minimum atomic E-state index is 0.255. The molecule has 0 unspecified atom stereocenters. The standard InChI is InChI=1S/C13H14ClN3/c1-9(2)13-16-11(14)8-12(17-13)15-10-6-4-3-5-7-10/h3-9H,1-2H3,(H,15,16,17). The van der Waals surface area contributed by atoms with Crippen LogP contribution < -0.4 is 5.32 Å². The zero-order valence-corrected chi connectivity index (χ0v) is 10.6. The number of rotatable bonds is 3. The Morgan fingerprint density at radius 2 is 1.82 bits per heavy atom. The fourth-order valence-electron chi connectivity index (χ4n) is 1.43. The van der Waals surface area contributed by atoms with E-state index in [1.54, 1.807) is 6.07 Å². The molecule has 0 aliphatic rings. The highest BCUT2D eigenvalue weighted by Gasteiger charge is 2.06. The van der Waals surface area contributed by atoms with Crippen molar-refractivity contribution in [1.82, 2.24) is 9.97 Å². The van der Waals surface area contributed by atoms with Crippen molar-refractivity contribution in [2.75, 3.05) is 5.32 Å². The molecule has 2 aromatic rings. The van der Waals surface area contributed by atoms with Crippen molar-refractivity contribution in [3.63, 3.8) is 0 Å². The average molecular weight is 248 g/mol. The number of benzene rings is 1. The van der Waals surface area contributed by atoms with Gasteiger partial charge in [0.05, 0.1) is 0 Å². The molecule has 0 bridgehead atoms. The lowest BCUT2D eigenvalue weighted by atomic mass is 10.2. The first-order chi connectivity index (χ1) is 8.15. The normalized spacial score (nSPS) is 10.6. The molecule has 3 nitrogen and oxygen atoms in total. The Morgan fingerprint density at radius 1 is 1.12 bits per heavy atom. The van der Waals surface area contributed by atoms with Gasteiger partial charge in [-0.05, 0) is 12.1 Å². The zero-order valence-electron chi connectivity index (χ0n) is 9.81. The molecule has 0 saturated carbocycles. The second-order valence-corrected chi connectivity index (χ2v) is 4.47. The fraction of sp³-hybridized carbons (Fsp3) is 0.231. The molecule has 0 spiro atoms. The first-order valence-corrected chi connectivity index (χ1v) is 5.89. The van der Waals surface area contributed by atoms with Gasteiger partial charge in [-0.2, -0.15) is 0 Å². The van der Waals surface area contributed by atoms with Crippen molar-refractivity contribution >= 4 is 23.1 Å². The lowest BCUT2D eigenvalue weighted by Crippen LogP contribution is -2.01. The van der Waals surface area contributed by atoms with Crippen molar-refractivity contribution in [3.05, 3.63) is 47.4 Å². The Bertz CT molecular complexity index is 497. The largest absolute Gasteiger partial charge is 0.340 e. The summed E-state index contributed by atoms with van der Waals surface area (Å²) in [5.41, 5.74) is 0.983. The molecule has 17 heavy (non-hydrogen) atoms. The van der Waals surface area contributed by atoms with Crippen LogP contribution in [0.4, 0.5) is 11.5 Å². The van der Waals surface area contributed by atoms with Crippen molar-refractivity contribution < 1.29 is 0 Å². The number of para-hydroxylation sites is 1. The fourth-order valence-corrected chi connectivity index (χ4v) is 1.62. The molecule has 1 N–H and O–H groups in total. The van der Waals surface area contributed by atoms with Gasteiger partial charge < -0.3 is 5.32 Å². The topological polar surface area (TPSA) is 37.8 Å². The van der Waals surface area contributed by atoms with E-state index in [-0.39, 0.29) is 5.92 Å². The summed E-state index contributed by atoms with van der Waals surface area (Å²) in [5, 5.41) is 3.66. The number of nitrogens with zero attached hydrogens (tertiary/aromatic N) is 2. The number of hydrogen-bond donors (Lipinski definition) is 1. The second-order valence-electron chi connectivity index (χ2n) is 4.08. The van der Waals surface area contributed by atoms with E-state index in [1.165, 1.54) is 0 Å². The van der Waals surface area contributed by atoms with Gasteiger partial charge in [0.25, 0.3) is 0 Å². The molecule has 0 amide bonds. The van der Waals surface area contributed by atoms with Gasteiger partial charge in [0, 0.05) is 17.7 Å². The van der Waals surface area contributed by atoms with Crippen LogP contribution >= 0.6 is 11.6 Å². The molecule has 2 rings (SSSR count). The molecule has 88 valence electrons. The highest BCUT2D eigenvalue weighted by molar-refractivity contribution is 6.29. The Labute approximate surface area is 106 Å². The predicted molar refractivity (Wildman–Crippen MR) is 70.9 cm³/mol. The average Bonchev–Trinajstić information content (AvgIpc) is 2.29. The van der Waals surface area contributed by atoms with Gasteiger partial charge in [-0.15, -0.1) is 0 Å². The van der Waals surface area contributed by atoms with Crippen molar-refractivity contribution in [2.24, 2.45) is 0 Å². The van der Waals surface area contributed by atoms with Crippen LogP contribution in [0.2, 0.25) is 5.15 Å². The Morgan fingerprint density at radius 3 is 2.47 bits per heavy atom. The number of nitrogens with one attached hydrogen (secondary N) is 1. The van der Waals surface area contributed by atoms with Crippen LogP contribution in [0.15, 0.2) is 36.4 Å². The van der Waals surface area contributed by atoms with E-state index in [1.807, 2.05) is 44.2 Å². The summed E-state index contributed by atoms with van der Waals surface area (Å²) in [5.74, 6) is 1.72. The highest BCUT2D eigenvalue weighted by Crippen LogP contribution is 2.20. The van der Waals surface area contributed by atoms with Crippen LogP contribution in [0, 0.1) is 0 Å². The van der Waals surface area contributed by atoms with E-state index in [0.717, 1.165) is 17.3 Å². The minimum absolute atomic E-state index is 0.255. The number of aromatic nitrogens is 2. The smallest absolute Gasteiger partial charge is 0.135 e. The molecule has 1 aromatic heterocycles. The number of hydrogen-bond acceptors (Lipinski definition) is 3. The van der Waals surface area contributed by atoms with E-state index < -0.39 is 0 Å². The molecule has 0 radical (unpaired) electrons. The van der Waals surface area contributed by atoms with Crippen LogP contribution in [-0.2, 0) is 0 Å². The van der Waals surface area contributed by atoms with Gasteiger partial charge in [-0.1, -0.05) is 43.6 Å². The van der Waals surface area contributed by atoms with E-state index in [9.17, 15) is 0 Å².